The van der Waals surface area contributed by atoms with Gasteiger partial charge in [-0.1, -0.05) is 12.1 Å². The third kappa shape index (κ3) is 2.83. The third-order valence-corrected chi connectivity index (χ3v) is 3.24. The van der Waals surface area contributed by atoms with Gasteiger partial charge in [0.1, 0.15) is 0 Å². The first kappa shape index (κ1) is 13.7. The van der Waals surface area contributed by atoms with Gasteiger partial charge in [0.2, 0.25) is 0 Å². The Kier molecular flexibility index (Phi) is 4.65. The average Bonchev–Trinajstić information content (AvgIpc) is 2.48. The van der Waals surface area contributed by atoms with Crippen molar-refractivity contribution in [2.75, 3.05) is 20.8 Å². The van der Waals surface area contributed by atoms with Crippen LogP contribution >= 0.6 is 0 Å². The lowest BCUT2D eigenvalue weighted by Crippen LogP contribution is -2.30. The molecule has 1 aliphatic rings. The van der Waals surface area contributed by atoms with E-state index in [9.17, 15) is 0 Å². The Bertz CT molecular complexity index is 460. The lowest BCUT2D eigenvalue weighted by Gasteiger charge is -2.25. The van der Waals surface area contributed by atoms with Gasteiger partial charge in [-0.15, -0.1) is 0 Å². The Balaban J connectivity index is 2.40. The first-order chi connectivity index (χ1) is 9.31. The van der Waals surface area contributed by atoms with E-state index in [1.807, 2.05) is 18.2 Å². The fourth-order valence-electron chi connectivity index (χ4n) is 2.33. The van der Waals surface area contributed by atoms with Gasteiger partial charge in [-0.25, -0.2) is 5.43 Å². The van der Waals surface area contributed by atoms with E-state index < -0.39 is 0 Å². The van der Waals surface area contributed by atoms with Crippen LogP contribution in [-0.4, -0.2) is 20.8 Å². The van der Waals surface area contributed by atoms with E-state index in [4.69, 9.17) is 20.1 Å². The zero-order chi connectivity index (χ0) is 13.7. The summed E-state index contributed by atoms with van der Waals surface area (Å²) in [5.41, 5.74) is 4.89. The summed E-state index contributed by atoms with van der Waals surface area (Å²) in [7, 11) is 3.25. The molecule has 5 nitrogen and oxygen atoms in total. The molecule has 0 fully saturated rings. The second-order valence-electron chi connectivity index (χ2n) is 4.35. The maximum atomic E-state index is 5.71. The first-order valence-corrected chi connectivity index (χ1v) is 6.29. The zero-order valence-corrected chi connectivity index (χ0v) is 11.3. The van der Waals surface area contributed by atoms with Crippen LogP contribution in [-0.2, 0) is 4.74 Å². The minimum absolute atomic E-state index is 0.134. The molecule has 1 aromatic rings. The van der Waals surface area contributed by atoms with Crippen LogP contribution in [0.3, 0.4) is 0 Å². The molecule has 1 atom stereocenters. The highest BCUT2D eigenvalue weighted by Gasteiger charge is 2.23. The van der Waals surface area contributed by atoms with Gasteiger partial charge >= 0.3 is 0 Å². The lowest BCUT2D eigenvalue weighted by molar-refractivity contribution is 0.219. The molecule has 0 radical (unpaired) electrons. The van der Waals surface area contributed by atoms with Crippen LogP contribution < -0.4 is 20.7 Å². The zero-order valence-electron chi connectivity index (χ0n) is 11.3. The number of hydrogen-bond donors (Lipinski definition) is 2. The van der Waals surface area contributed by atoms with E-state index >= 15 is 0 Å². The van der Waals surface area contributed by atoms with Crippen molar-refractivity contribution < 1.29 is 14.2 Å². The van der Waals surface area contributed by atoms with Gasteiger partial charge in [0.25, 0.3) is 0 Å². The molecule has 104 valence electrons. The molecule has 0 aromatic heterocycles. The average molecular weight is 264 g/mol. The van der Waals surface area contributed by atoms with E-state index in [2.05, 4.69) is 5.43 Å². The van der Waals surface area contributed by atoms with Crippen LogP contribution in [0.25, 0.3) is 0 Å². The molecular formula is C14H20N2O3. The summed E-state index contributed by atoms with van der Waals surface area (Å²) in [4.78, 5) is 0. The van der Waals surface area contributed by atoms with Crippen molar-refractivity contribution in [3.63, 3.8) is 0 Å². The Morgan fingerprint density at radius 3 is 2.74 bits per heavy atom. The highest BCUT2D eigenvalue weighted by atomic mass is 16.5. The minimum Gasteiger partial charge on any atom is -0.501 e. The van der Waals surface area contributed by atoms with Gasteiger partial charge in [0.15, 0.2) is 11.5 Å². The molecule has 1 unspecified atom stereocenters. The highest BCUT2D eigenvalue weighted by Crippen LogP contribution is 2.38. The van der Waals surface area contributed by atoms with Gasteiger partial charge in [-0.3, -0.25) is 5.84 Å². The summed E-state index contributed by atoms with van der Waals surface area (Å²) < 4.78 is 16.2. The van der Waals surface area contributed by atoms with Gasteiger partial charge < -0.3 is 14.2 Å². The van der Waals surface area contributed by atoms with Crippen LogP contribution in [0, 0.1) is 0 Å². The van der Waals surface area contributed by atoms with Crippen molar-refractivity contribution in [3.05, 3.63) is 35.6 Å². The van der Waals surface area contributed by atoms with E-state index in [-0.39, 0.29) is 6.04 Å². The molecule has 0 spiro atoms. The molecule has 0 saturated heterocycles. The first-order valence-electron chi connectivity index (χ1n) is 6.29. The largest absolute Gasteiger partial charge is 0.501 e. The van der Waals surface area contributed by atoms with Crippen LogP contribution in [0.15, 0.2) is 30.0 Å². The summed E-state index contributed by atoms with van der Waals surface area (Å²) in [6.07, 6.45) is 3.73. The molecule has 5 heteroatoms. The molecule has 1 heterocycles. The number of nitrogens with one attached hydrogen (secondary N) is 1. The maximum absolute atomic E-state index is 5.71. The number of rotatable bonds is 5. The predicted octanol–water partition coefficient (Wildman–Crippen LogP) is 1.90. The molecule has 1 aliphatic heterocycles. The minimum atomic E-state index is -0.134. The summed E-state index contributed by atoms with van der Waals surface area (Å²) in [5, 5.41) is 0. The summed E-state index contributed by atoms with van der Waals surface area (Å²) >= 11 is 0. The van der Waals surface area contributed by atoms with Crippen molar-refractivity contribution in [3.8, 4) is 11.5 Å². The van der Waals surface area contributed by atoms with Gasteiger partial charge in [-0.05, 0) is 24.5 Å². The number of hydrogen-bond acceptors (Lipinski definition) is 5. The number of nitrogens with two attached hydrogens (primary N) is 1. The number of ether oxygens (including phenoxy) is 3. The molecule has 0 saturated carbocycles. The molecule has 2 rings (SSSR count). The van der Waals surface area contributed by atoms with Crippen molar-refractivity contribution in [2.45, 2.75) is 18.9 Å². The number of benzene rings is 1. The van der Waals surface area contributed by atoms with Gasteiger partial charge in [0, 0.05) is 5.56 Å². The molecule has 19 heavy (non-hydrogen) atoms. The van der Waals surface area contributed by atoms with E-state index in [1.165, 1.54) is 0 Å². The van der Waals surface area contributed by atoms with Crippen LogP contribution in [0.2, 0.25) is 0 Å². The van der Waals surface area contributed by atoms with Crippen molar-refractivity contribution >= 4 is 0 Å². The summed E-state index contributed by atoms with van der Waals surface area (Å²) in [6.45, 7) is 0.760. The molecule has 3 N–H and O–H groups in total. The Morgan fingerprint density at radius 1 is 1.32 bits per heavy atom. The molecular weight excluding hydrogens is 244 g/mol. The molecule has 1 aromatic carbocycles. The van der Waals surface area contributed by atoms with Crippen molar-refractivity contribution in [1.82, 2.24) is 5.43 Å². The topological polar surface area (TPSA) is 65.7 Å². The molecule has 0 bridgehead atoms. The van der Waals surface area contributed by atoms with Crippen LogP contribution in [0.4, 0.5) is 0 Å². The van der Waals surface area contributed by atoms with Crippen molar-refractivity contribution in [1.29, 1.82) is 0 Å². The standard InChI is InChI=1S/C14H20N2O3/c1-17-12-7-3-6-11(14(12)18-2)13(16-15)10-5-4-8-19-9-10/h3,6-7,9,13,16H,4-5,8,15H2,1-2H3. The Morgan fingerprint density at radius 2 is 2.16 bits per heavy atom. The lowest BCUT2D eigenvalue weighted by atomic mass is 9.95. The monoisotopic (exact) mass is 264 g/mol. The number of para-hydroxylation sites is 1. The quantitative estimate of drug-likeness (QED) is 0.628. The highest BCUT2D eigenvalue weighted by molar-refractivity contribution is 5.50. The van der Waals surface area contributed by atoms with Crippen LogP contribution in [0.5, 0.6) is 11.5 Å². The van der Waals surface area contributed by atoms with Gasteiger partial charge in [-0.2, -0.15) is 0 Å². The summed E-state index contributed by atoms with van der Waals surface area (Å²) in [6, 6.07) is 5.62. The van der Waals surface area contributed by atoms with Gasteiger partial charge in [0.05, 0.1) is 33.1 Å². The van der Waals surface area contributed by atoms with E-state index in [0.717, 1.165) is 30.6 Å². The smallest absolute Gasteiger partial charge is 0.165 e. The second kappa shape index (κ2) is 6.45. The maximum Gasteiger partial charge on any atom is 0.165 e. The fraction of sp³-hybridized carbons (Fsp3) is 0.429. The second-order valence-corrected chi connectivity index (χ2v) is 4.35. The number of hydrazine groups is 1. The Hall–Kier alpha value is -1.72. The third-order valence-electron chi connectivity index (χ3n) is 3.24. The SMILES string of the molecule is COc1cccc(C(NN)C2=COCCC2)c1OC. The normalized spacial score (nSPS) is 16.3. The predicted molar refractivity (Wildman–Crippen MR) is 72.9 cm³/mol. The van der Waals surface area contributed by atoms with Crippen molar-refractivity contribution in [2.24, 2.45) is 5.84 Å². The van der Waals surface area contributed by atoms with Crippen LogP contribution in [0.1, 0.15) is 24.4 Å². The molecule has 0 amide bonds. The Labute approximate surface area is 113 Å². The van der Waals surface area contributed by atoms with E-state index in [0.29, 0.717) is 11.5 Å². The summed E-state index contributed by atoms with van der Waals surface area (Å²) in [5.74, 6) is 7.09. The molecule has 0 aliphatic carbocycles. The number of methoxy groups -OCH3 is 2. The van der Waals surface area contributed by atoms with E-state index in [1.54, 1.807) is 20.5 Å². The fourth-order valence-corrected chi connectivity index (χ4v) is 2.33.